The highest BCUT2D eigenvalue weighted by atomic mass is 16.5. The Labute approximate surface area is 168 Å². The first-order chi connectivity index (χ1) is 14.2. The van der Waals surface area contributed by atoms with E-state index in [1.165, 1.54) is 11.1 Å². The van der Waals surface area contributed by atoms with E-state index in [1.807, 2.05) is 36.3 Å². The summed E-state index contributed by atoms with van der Waals surface area (Å²) in [5, 5.41) is 0. The van der Waals surface area contributed by atoms with Gasteiger partial charge in [-0.15, -0.1) is 0 Å². The van der Waals surface area contributed by atoms with Crippen molar-refractivity contribution in [3.8, 4) is 22.9 Å². The normalized spacial score (nSPS) is 12.7. The second kappa shape index (κ2) is 6.74. The van der Waals surface area contributed by atoms with Crippen LogP contribution in [0.2, 0.25) is 0 Å². The first-order valence-electron chi connectivity index (χ1n) is 9.37. The molecule has 0 spiro atoms. The predicted molar refractivity (Wildman–Crippen MR) is 112 cm³/mol. The fraction of sp³-hybridized carbons (Fsp3) is 0.174. The number of aryl methyl sites for hydroxylation is 1. The Bertz CT molecular complexity index is 1250. The molecule has 144 valence electrons. The van der Waals surface area contributed by atoms with Crippen LogP contribution in [0.1, 0.15) is 16.8 Å². The van der Waals surface area contributed by atoms with E-state index < -0.39 is 0 Å². The minimum atomic E-state index is 0.511. The van der Waals surface area contributed by atoms with Crippen molar-refractivity contribution in [3.05, 3.63) is 71.8 Å². The first-order valence-corrected chi connectivity index (χ1v) is 9.37. The maximum atomic E-state index is 5.32. The third-order valence-electron chi connectivity index (χ3n) is 5.33. The van der Waals surface area contributed by atoms with Gasteiger partial charge in [-0.05, 0) is 34.9 Å². The Kier molecular flexibility index (Phi) is 4.05. The van der Waals surface area contributed by atoms with Gasteiger partial charge in [-0.3, -0.25) is 4.98 Å². The minimum Gasteiger partial charge on any atom is -0.481 e. The van der Waals surface area contributed by atoms with Gasteiger partial charge in [0.2, 0.25) is 11.8 Å². The van der Waals surface area contributed by atoms with Crippen LogP contribution < -0.4 is 9.47 Å². The van der Waals surface area contributed by atoms with Crippen molar-refractivity contribution in [3.63, 3.8) is 0 Å². The monoisotopic (exact) mass is 384 g/mol. The van der Waals surface area contributed by atoms with E-state index in [0.717, 1.165) is 39.8 Å². The van der Waals surface area contributed by atoms with E-state index in [0.29, 0.717) is 11.8 Å². The highest BCUT2D eigenvalue weighted by Gasteiger charge is 2.19. The molecule has 0 fully saturated rings. The van der Waals surface area contributed by atoms with Crippen molar-refractivity contribution in [1.29, 1.82) is 0 Å². The molecule has 0 N–H and O–H groups in total. The molecule has 0 bridgehead atoms. The molecule has 0 aliphatic heterocycles. The van der Waals surface area contributed by atoms with Gasteiger partial charge in [-0.1, -0.05) is 12.1 Å². The number of allylic oxidation sites excluding steroid dienone is 1. The molecule has 1 aliphatic carbocycles. The van der Waals surface area contributed by atoms with E-state index in [9.17, 15) is 0 Å². The highest BCUT2D eigenvalue weighted by molar-refractivity contribution is 5.89. The molecule has 0 amide bonds. The number of hydrogen-bond donors (Lipinski definition) is 0. The van der Waals surface area contributed by atoms with E-state index >= 15 is 0 Å². The Morgan fingerprint density at radius 2 is 1.69 bits per heavy atom. The Hall–Kier alpha value is -3.67. The van der Waals surface area contributed by atoms with Crippen LogP contribution in [-0.2, 0) is 13.5 Å². The van der Waals surface area contributed by atoms with E-state index in [4.69, 9.17) is 14.5 Å². The molecule has 3 heterocycles. The van der Waals surface area contributed by atoms with Gasteiger partial charge in [0.25, 0.3) is 0 Å². The number of hydrogen-bond acceptors (Lipinski definition) is 5. The van der Waals surface area contributed by atoms with E-state index in [1.54, 1.807) is 14.2 Å². The van der Waals surface area contributed by atoms with Gasteiger partial charge in [-0.25, -0.2) is 4.98 Å². The van der Waals surface area contributed by atoms with Gasteiger partial charge in [-0.2, -0.15) is 4.98 Å². The molecule has 6 nitrogen and oxygen atoms in total. The molecule has 29 heavy (non-hydrogen) atoms. The SMILES string of the molecule is COc1cc(-c2cnc3c(c2)C(c2ccc4ncn(C)c4c2)=CC3)cc(OC)n1. The Balaban J connectivity index is 1.59. The van der Waals surface area contributed by atoms with Crippen molar-refractivity contribution >= 4 is 16.6 Å². The largest absolute Gasteiger partial charge is 0.481 e. The molecule has 0 saturated carbocycles. The van der Waals surface area contributed by atoms with Crippen LogP contribution in [0.15, 0.2) is 55.0 Å². The number of ether oxygens (including phenoxy) is 2. The number of pyridine rings is 2. The van der Waals surface area contributed by atoms with Crippen molar-refractivity contribution in [2.75, 3.05) is 14.2 Å². The third-order valence-corrected chi connectivity index (χ3v) is 5.33. The summed E-state index contributed by atoms with van der Waals surface area (Å²) < 4.78 is 12.7. The second-order valence-corrected chi connectivity index (χ2v) is 7.04. The number of aromatic nitrogens is 4. The molecule has 0 unspecified atom stereocenters. The fourth-order valence-electron chi connectivity index (χ4n) is 3.78. The van der Waals surface area contributed by atoms with Gasteiger partial charge in [0.05, 0.1) is 37.3 Å². The third kappa shape index (κ3) is 2.93. The van der Waals surface area contributed by atoms with Crippen molar-refractivity contribution < 1.29 is 9.47 Å². The van der Waals surface area contributed by atoms with Crippen molar-refractivity contribution in [2.45, 2.75) is 6.42 Å². The molecule has 5 rings (SSSR count). The smallest absolute Gasteiger partial charge is 0.216 e. The van der Waals surface area contributed by atoms with Crippen LogP contribution in [-0.4, -0.2) is 33.7 Å². The van der Waals surface area contributed by atoms with E-state index in [2.05, 4.69) is 40.3 Å². The zero-order chi connectivity index (χ0) is 20.0. The number of benzene rings is 1. The maximum Gasteiger partial charge on any atom is 0.216 e. The van der Waals surface area contributed by atoms with Gasteiger partial charge in [0.15, 0.2) is 0 Å². The summed E-state index contributed by atoms with van der Waals surface area (Å²) in [6.07, 6.45) is 6.81. The van der Waals surface area contributed by atoms with Crippen LogP contribution in [0.5, 0.6) is 11.8 Å². The molecule has 0 saturated heterocycles. The number of fused-ring (bicyclic) bond motifs is 2. The van der Waals surface area contributed by atoms with Crippen LogP contribution in [0.3, 0.4) is 0 Å². The quantitative estimate of drug-likeness (QED) is 0.531. The average Bonchev–Trinajstić information content (AvgIpc) is 3.36. The maximum absolute atomic E-state index is 5.32. The summed E-state index contributed by atoms with van der Waals surface area (Å²) >= 11 is 0. The van der Waals surface area contributed by atoms with Crippen LogP contribution >= 0.6 is 0 Å². The molecule has 0 atom stereocenters. The fourth-order valence-corrected chi connectivity index (χ4v) is 3.78. The van der Waals surface area contributed by atoms with Crippen molar-refractivity contribution in [2.24, 2.45) is 7.05 Å². The standard InChI is InChI=1S/C23H20N4O2/c1-27-13-25-20-6-4-14(9-21(20)27)17-5-7-19-18(17)8-16(12-24-19)15-10-22(28-2)26-23(11-15)29-3/h4-6,8-13H,7H2,1-3H3. The summed E-state index contributed by atoms with van der Waals surface area (Å²) in [7, 11) is 5.21. The predicted octanol–water partition coefficient (Wildman–Crippen LogP) is 4.04. The van der Waals surface area contributed by atoms with Crippen LogP contribution in [0.25, 0.3) is 27.7 Å². The zero-order valence-corrected chi connectivity index (χ0v) is 16.5. The zero-order valence-electron chi connectivity index (χ0n) is 16.5. The number of nitrogens with zero attached hydrogens (tertiary/aromatic N) is 4. The lowest BCUT2D eigenvalue weighted by Gasteiger charge is -2.11. The minimum absolute atomic E-state index is 0.511. The van der Waals surface area contributed by atoms with Crippen LogP contribution in [0, 0.1) is 0 Å². The lowest BCUT2D eigenvalue weighted by Crippen LogP contribution is -1.96. The van der Waals surface area contributed by atoms with Crippen molar-refractivity contribution in [1.82, 2.24) is 19.5 Å². The molecule has 1 aliphatic rings. The summed E-state index contributed by atoms with van der Waals surface area (Å²) in [5.74, 6) is 1.02. The summed E-state index contributed by atoms with van der Waals surface area (Å²) in [4.78, 5) is 13.4. The summed E-state index contributed by atoms with van der Waals surface area (Å²) in [6, 6.07) is 12.4. The van der Waals surface area contributed by atoms with Gasteiger partial charge in [0.1, 0.15) is 0 Å². The lowest BCUT2D eigenvalue weighted by molar-refractivity contribution is 0.365. The topological polar surface area (TPSA) is 62.1 Å². The van der Waals surface area contributed by atoms with Crippen LogP contribution in [0.4, 0.5) is 0 Å². The Morgan fingerprint density at radius 3 is 2.45 bits per heavy atom. The molecule has 0 radical (unpaired) electrons. The molecule has 1 aromatic carbocycles. The molecule has 6 heteroatoms. The first kappa shape index (κ1) is 17.4. The Morgan fingerprint density at radius 1 is 0.897 bits per heavy atom. The molecule has 3 aromatic heterocycles. The highest BCUT2D eigenvalue weighted by Crippen LogP contribution is 2.36. The molecule has 4 aromatic rings. The van der Waals surface area contributed by atoms with Gasteiger partial charge < -0.3 is 14.0 Å². The number of rotatable bonds is 4. The van der Waals surface area contributed by atoms with Gasteiger partial charge in [0, 0.05) is 42.9 Å². The molecular formula is C23H20N4O2. The summed E-state index contributed by atoms with van der Waals surface area (Å²) in [5.41, 5.74) is 8.67. The van der Waals surface area contributed by atoms with E-state index in [-0.39, 0.29) is 0 Å². The average molecular weight is 384 g/mol. The molecular weight excluding hydrogens is 364 g/mol. The van der Waals surface area contributed by atoms with Gasteiger partial charge >= 0.3 is 0 Å². The summed E-state index contributed by atoms with van der Waals surface area (Å²) in [6.45, 7) is 0. The number of methoxy groups -OCH3 is 2. The lowest BCUT2D eigenvalue weighted by atomic mass is 9.98. The number of imidazole rings is 1. The second-order valence-electron chi connectivity index (χ2n) is 7.04.